The van der Waals surface area contributed by atoms with Gasteiger partial charge < -0.3 is 0 Å². The standard InChI is InChI=1S/C18H23FN2O4S3/c19-16-6-3-5-15(13-16)14-27(22,23)20-10-9-17-7-1-2-11-21(17)28(24,25)18-8-4-12-26-18/h3-6,8,12-13,17,20H,1-2,7,9-11,14H2. The molecule has 28 heavy (non-hydrogen) atoms. The van der Waals surface area contributed by atoms with E-state index >= 15 is 0 Å². The Bertz CT molecular complexity index is 992. The van der Waals surface area contributed by atoms with Crippen LogP contribution in [0.2, 0.25) is 0 Å². The second-order valence-electron chi connectivity index (χ2n) is 6.77. The number of hydrogen-bond acceptors (Lipinski definition) is 5. The molecule has 1 aliphatic rings. The number of nitrogens with zero attached hydrogens (tertiary/aromatic N) is 1. The zero-order chi connectivity index (χ0) is 20.2. The fourth-order valence-corrected chi connectivity index (χ4v) is 7.38. The zero-order valence-corrected chi connectivity index (χ0v) is 17.7. The van der Waals surface area contributed by atoms with E-state index < -0.39 is 25.9 Å². The van der Waals surface area contributed by atoms with Gasteiger partial charge in [0.25, 0.3) is 10.0 Å². The van der Waals surface area contributed by atoms with Gasteiger partial charge in [0.1, 0.15) is 10.0 Å². The van der Waals surface area contributed by atoms with Crippen molar-refractivity contribution in [2.45, 2.75) is 41.7 Å². The summed E-state index contributed by atoms with van der Waals surface area (Å²) in [5.41, 5.74) is 0.368. The van der Waals surface area contributed by atoms with Crippen LogP contribution < -0.4 is 4.72 Å². The molecule has 3 rings (SSSR count). The maximum absolute atomic E-state index is 13.2. The normalized spacial score (nSPS) is 19.0. The molecule has 0 bridgehead atoms. The van der Waals surface area contributed by atoms with E-state index in [9.17, 15) is 21.2 Å². The molecule has 2 heterocycles. The summed E-state index contributed by atoms with van der Waals surface area (Å²) < 4.78 is 67.8. The summed E-state index contributed by atoms with van der Waals surface area (Å²) in [7, 11) is -7.19. The van der Waals surface area contributed by atoms with Gasteiger partial charge in [-0.3, -0.25) is 0 Å². The minimum Gasteiger partial charge on any atom is -0.215 e. The van der Waals surface area contributed by atoms with Crippen LogP contribution in [0, 0.1) is 5.82 Å². The molecule has 1 aliphatic heterocycles. The van der Waals surface area contributed by atoms with Gasteiger partial charge in [0.05, 0.1) is 5.75 Å². The number of benzene rings is 1. The molecule has 6 nitrogen and oxygen atoms in total. The molecule has 1 fully saturated rings. The van der Waals surface area contributed by atoms with Gasteiger partial charge in [0, 0.05) is 19.1 Å². The average molecular weight is 447 g/mol. The molecular weight excluding hydrogens is 423 g/mol. The molecule has 0 amide bonds. The number of hydrogen-bond donors (Lipinski definition) is 1. The first-order valence-corrected chi connectivity index (χ1v) is 13.0. The van der Waals surface area contributed by atoms with E-state index in [1.54, 1.807) is 23.6 Å². The first kappa shape index (κ1) is 21.4. The van der Waals surface area contributed by atoms with E-state index in [0.29, 0.717) is 29.2 Å². The first-order valence-electron chi connectivity index (χ1n) is 9.05. The summed E-state index contributed by atoms with van der Waals surface area (Å²) >= 11 is 1.18. The lowest BCUT2D eigenvalue weighted by Gasteiger charge is -2.34. The van der Waals surface area contributed by atoms with Gasteiger partial charge >= 0.3 is 0 Å². The van der Waals surface area contributed by atoms with Crippen LogP contribution >= 0.6 is 11.3 Å². The minimum atomic E-state index is -3.63. The summed E-state index contributed by atoms with van der Waals surface area (Å²) in [5, 5.41) is 1.73. The lowest BCUT2D eigenvalue weighted by Crippen LogP contribution is -2.45. The minimum absolute atomic E-state index is 0.138. The fourth-order valence-electron chi connectivity index (χ4n) is 3.38. The van der Waals surface area contributed by atoms with Crippen molar-refractivity contribution in [1.82, 2.24) is 9.03 Å². The highest BCUT2D eigenvalue weighted by molar-refractivity contribution is 7.91. The summed E-state index contributed by atoms with van der Waals surface area (Å²) in [5.74, 6) is -0.795. The van der Waals surface area contributed by atoms with Crippen molar-refractivity contribution in [3.05, 3.63) is 53.2 Å². The van der Waals surface area contributed by atoms with E-state index in [0.717, 1.165) is 12.8 Å². The molecule has 0 saturated carbocycles. The summed E-state index contributed by atoms with van der Waals surface area (Å²) in [6, 6.07) is 8.53. The van der Waals surface area contributed by atoms with Crippen molar-refractivity contribution >= 4 is 31.4 Å². The van der Waals surface area contributed by atoms with Crippen LogP contribution in [0.1, 0.15) is 31.2 Å². The molecule has 0 aliphatic carbocycles. The average Bonchev–Trinajstić information content (AvgIpc) is 3.17. The lowest BCUT2D eigenvalue weighted by molar-refractivity contribution is 0.242. The molecular formula is C18H23FN2O4S3. The second kappa shape index (κ2) is 9.00. The van der Waals surface area contributed by atoms with Crippen molar-refractivity contribution in [3.63, 3.8) is 0 Å². The highest BCUT2D eigenvalue weighted by Crippen LogP contribution is 2.29. The van der Waals surface area contributed by atoms with E-state index in [-0.39, 0.29) is 18.3 Å². The Kier molecular flexibility index (Phi) is 6.87. The van der Waals surface area contributed by atoms with E-state index in [4.69, 9.17) is 0 Å². The molecule has 1 aromatic carbocycles. The van der Waals surface area contributed by atoms with Crippen molar-refractivity contribution in [1.29, 1.82) is 0 Å². The third-order valence-corrected chi connectivity index (χ3v) is 9.36. The number of piperidine rings is 1. The zero-order valence-electron chi connectivity index (χ0n) is 15.3. The Hall–Kier alpha value is -1.33. The molecule has 154 valence electrons. The number of rotatable bonds is 8. The van der Waals surface area contributed by atoms with Crippen LogP contribution in [0.4, 0.5) is 4.39 Å². The highest BCUT2D eigenvalue weighted by Gasteiger charge is 2.33. The molecule has 2 aromatic rings. The number of halogens is 1. The van der Waals surface area contributed by atoms with E-state index in [1.807, 2.05) is 0 Å². The summed E-state index contributed by atoms with van der Waals surface area (Å²) in [6.45, 7) is 0.583. The van der Waals surface area contributed by atoms with Gasteiger partial charge in [-0.15, -0.1) is 11.3 Å². The Morgan fingerprint density at radius 2 is 1.96 bits per heavy atom. The lowest BCUT2D eigenvalue weighted by atomic mass is 10.0. The number of sulfonamides is 2. The predicted molar refractivity (Wildman–Crippen MR) is 107 cm³/mol. The topological polar surface area (TPSA) is 83.6 Å². The second-order valence-corrected chi connectivity index (χ2v) is 11.6. The molecule has 1 saturated heterocycles. The molecule has 1 atom stereocenters. The smallest absolute Gasteiger partial charge is 0.215 e. The molecule has 0 radical (unpaired) electrons. The molecule has 1 unspecified atom stereocenters. The summed E-state index contributed by atoms with van der Waals surface area (Å²) in [6.07, 6.45) is 2.81. The molecule has 0 spiro atoms. The SMILES string of the molecule is O=S(=O)(Cc1cccc(F)c1)NCCC1CCCCN1S(=O)(=O)c1cccs1. The Morgan fingerprint density at radius 1 is 1.14 bits per heavy atom. The molecule has 1 N–H and O–H groups in total. The van der Waals surface area contributed by atoms with Gasteiger partial charge in [-0.25, -0.2) is 25.9 Å². The quantitative estimate of drug-likeness (QED) is 0.676. The molecule has 10 heteroatoms. The molecule has 1 aromatic heterocycles. The van der Waals surface area contributed by atoms with E-state index in [1.165, 1.54) is 33.8 Å². The third-order valence-electron chi connectivity index (χ3n) is 4.68. The van der Waals surface area contributed by atoms with Crippen LogP contribution in [0.3, 0.4) is 0 Å². The van der Waals surface area contributed by atoms with Gasteiger partial charge in [0.2, 0.25) is 10.0 Å². The van der Waals surface area contributed by atoms with Crippen LogP contribution in [0.25, 0.3) is 0 Å². The third kappa shape index (κ3) is 5.38. The number of nitrogens with one attached hydrogen (secondary N) is 1. The van der Waals surface area contributed by atoms with Crippen LogP contribution in [-0.4, -0.2) is 40.3 Å². The van der Waals surface area contributed by atoms with Crippen molar-refractivity contribution in [2.24, 2.45) is 0 Å². The van der Waals surface area contributed by atoms with Crippen LogP contribution in [0.5, 0.6) is 0 Å². The maximum Gasteiger partial charge on any atom is 0.252 e. The van der Waals surface area contributed by atoms with Gasteiger partial charge in [-0.2, -0.15) is 4.31 Å². The fraction of sp³-hybridized carbons (Fsp3) is 0.444. The highest BCUT2D eigenvalue weighted by atomic mass is 32.2. The Morgan fingerprint density at radius 3 is 2.68 bits per heavy atom. The Balaban J connectivity index is 1.61. The van der Waals surface area contributed by atoms with Crippen molar-refractivity contribution in [3.8, 4) is 0 Å². The predicted octanol–water partition coefficient (Wildman–Crippen LogP) is 2.94. The largest absolute Gasteiger partial charge is 0.252 e. The van der Waals surface area contributed by atoms with Gasteiger partial charge in [-0.1, -0.05) is 24.6 Å². The van der Waals surface area contributed by atoms with Crippen LogP contribution in [0.15, 0.2) is 46.0 Å². The van der Waals surface area contributed by atoms with Gasteiger partial charge in [0.15, 0.2) is 0 Å². The van der Waals surface area contributed by atoms with Crippen LogP contribution in [-0.2, 0) is 25.8 Å². The summed E-state index contributed by atoms with van der Waals surface area (Å²) in [4.78, 5) is 0. The van der Waals surface area contributed by atoms with Gasteiger partial charge in [-0.05, 0) is 48.4 Å². The first-order chi connectivity index (χ1) is 13.3. The monoisotopic (exact) mass is 446 g/mol. The van der Waals surface area contributed by atoms with Crippen molar-refractivity contribution in [2.75, 3.05) is 13.1 Å². The maximum atomic E-state index is 13.2. The van der Waals surface area contributed by atoms with E-state index in [2.05, 4.69) is 4.72 Å². The Labute approximate surface area is 169 Å². The van der Waals surface area contributed by atoms with Crippen molar-refractivity contribution < 1.29 is 21.2 Å². The number of thiophene rings is 1.